The van der Waals surface area contributed by atoms with Gasteiger partial charge in [-0.1, -0.05) is 59.9 Å². The lowest BCUT2D eigenvalue weighted by Gasteiger charge is -2.45. The maximum atomic E-state index is 14.7. The topological polar surface area (TPSA) is 32.3 Å². The number of nitrogens with one attached hydrogen (secondary N) is 1. The van der Waals surface area contributed by atoms with Gasteiger partial charge >= 0.3 is 12.2 Å². The third-order valence-corrected chi connectivity index (χ3v) is 5.08. The smallest absolute Gasteiger partial charge is 0.307 e. The van der Waals surface area contributed by atoms with Crippen molar-refractivity contribution in [1.29, 1.82) is 0 Å². The fourth-order valence-corrected chi connectivity index (χ4v) is 3.45. The van der Waals surface area contributed by atoms with Gasteiger partial charge in [-0.15, -0.1) is 0 Å². The summed E-state index contributed by atoms with van der Waals surface area (Å²) in [6.45, 7) is 1.53. The minimum atomic E-state index is -4.76. The van der Waals surface area contributed by atoms with Crippen LogP contribution in [0.25, 0.3) is 0 Å². The number of alkyl halides is 3. The van der Waals surface area contributed by atoms with Crippen LogP contribution >= 0.6 is 0 Å². The molecule has 0 bridgehead atoms. The van der Waals surface area contributed by atoms with Crippen molar-refractivity contribution >= 4 is 11.7 Å². The molecule has 0 radical (unpaired) electrons. The number of benzene rings is 2. The third kappa shape index (κ3) is 3.11. The molecule has 1 saturated carbocycles. The minimum Gasteiger partial charge on any atom is -0.307 e. The molecule has 2 amide bonds. The average molecular weight is 384 g/mol. The van der Waals surface area contributed by atoms with Gasteiger partial charge in [-0.05, 0) is 31.4 Å². The SMILES string of the molecule is Cc1ccc2c(c1)C(C#CC1CC1)(C(F)(F)F)N(Cc1ccccc1)C(=O)N2. The van der Waals surface area contributed by atoms with Gasteiger partial charge in [-0.3, -0.25) is 4.90 Å². The number of nitrogens with zero attached hydrogens (tertiary/aromatic N) is 1. The summed E-state index contributed by atoms with van der Waals surface area (Å²) >= 11 is 0. The molecule has 6 heteroatoms. The maximum absolute atomic E-state index is 14.7. The fraction of sp³-hybridized carbons (Fsp3) is 0.318. The number of aryl methyl sites for hydroxylation is 1. The van der Waals surface area contributed by atoms with Crippen molar-refractivity contribution in [2.24, 2.45) is 5.92 Å². The summed E-state index contributed by atoms with van der Waals surface area (Å²) in [6.07, 6.45) is -3.16. The summed E-state index contributed by atoms with van der Waals surface area (Å²) in [4.78, 5) is 13.6. The molecule has 1 aliphatic heterocycles. The van der Waals surface area contributed by atoms with E-state index in [2.05, 4.69) is 17.2 Å². The molecule has 1 unspecified atom stereocenters. The number of fused-ring (bicyclic) bond motifs is 1. The Morgan fingerprint density at radius 2 is 1.89 bits per heavy atom. The van der Waals surface area contributed by atoms with Crippen molar-refractivity contribution in [2.75, 3.05) is 5.32 Å². The first kappa shape index (κ1) is 18.4. The standard InChI is InChI=1S/C22H19F3N2O/c1-15-7-10-19-18(13-15)21(22(23,24)25,12-11-16-8-9-16)27(20(28)26-19)14-17-5-3-2-4-6-17/h2-7,10,13,16H,8-9,14H2,1H3,(H,26,28). The maximum Gasteiger partial charge on any atom is 0.427 e. The normalized spacial score (nSPS) is 21.4. The molecule has 3 nitrogen and oxygen atoms in total. The van der Waals surface area contributed by atoms with Gasteiger partial charge in [0.25, 0.3) is 0 Å². The Morgan fingerprint density at radius 1 is 1.18 bits per heavy atom. The van der Waals surface area contributed by atoms with Gasteiger partial charge < -0.3 is 5.32 Å². The number of amides is 2. The van der Waals surface area contributed by atoms with E-state index >= 15 is 0 Å². The van der Waals surface area contributed by atoms with Crippen LogP contribution in [0, 0.1) is 24.7 Å². The van der Waals surface area contributed by atoms with Crippen LogP contribution in [0.1, 0.15) is 29.5 Å². The Bertz CT molecular complexity index is 971. The fourth-order valence-electron chi connectivity index (χ4n) is 3.45. The molecule has 1 N–H and O–H groups in total. The second kappa shape index (κ2) is 6.59. The number of carbonyl (C=O) groups excluding carboxylic acids is 1. The lowest BCUT2D eigenvalue weighted by Crippen LogP contribution is -2.61. The van der Waals surface area contributed by atoms with E-state index in [1.54, 1.807) is 43.3 Å². The molecule has 144 valence electrons. The van der Waals surface area contributed by atoms with Crippen molar-refractivity contribution in [3.63, 3.8) is 0 Å². The van der Waals surface area contributed by atoms with Gasteiger partial charge in [0.2, 0.25) is 5.54 Å². The molecule has 2 aromatic carbocycles. The average Bonchev–Trinajstić information content (AvgIpc) is 3.46. The highest BCUT2D eigenvalue weighted by Gasteiger charge is 2.63. The molecular formula is C22H19F3N2O. The van der Waals surface area contributed by atoms with Crippen LogP contribution < -0.4 is 5.32 Å². The van der Waals surface area contributed by atoms with Gasteiger partial charge in [-0.25, -0.2) is 4.79 Å². The van der Waals surface area contributed by atoms with E-state index in [1.165, 1.54) is 12.1 Å². The van der Waals surface area contributed by atoms with E-state index < -0.39 is 17.7 Å². The lowest BCUT2D eigenvalue weighted by atomic mass is 9.83. The highest BCUT2D eigenvalue weighted by atomic mass is 19.4. The van der Waals surface area contributed by atoms with E-state index in [0.717, 1.165) is 17.7 Å². The Kier molecular flexibility index (Phi) is 4.34. The van der Waals surface area contributed by atoms with Gasteiger partial charge in [-0.2, -0.15) is 13.2 Å². The molecule has 2 aromatic rings. The number of urea groups is 1. The van der Waals surface area contributed by atoms with Crippen LogP contribution in [0.5, 0.6) is 0 Å². The predicted octanol–water partition coefficient (Wildman–Crippen LogP) is 5.21. The van der Waals surface area contributed by atoms with Crippen LogP contribution in [-0.2, 0) is 12.1 Å². The van der Waals surface area contributed by atoms with Crippen molar-refractivity contribution in [3.05, 3.63) is 65.2 Å². The number of hydrogen-bond donors (Lipinski definition) is 1. The monoisotopic (exact) mass is 384 g/mol. The molecule has 1 heterocycles. The first-order valence-electron chi connectivity index (χ1n) is 9.14. The van der Waals surface area contributed by atoms with E-state index in [-0.39, 0.29) is 23.7 Å². The first-order valence-corrected chi connectivity index (χ1v) is 9.14. The second-order valence-electron chi connectivity index (χ2n) is 7.30. The molecule has 0 aromatic heterocycles. The predicted molar refractivity (Wildman–Crippen MR) is 100 cm³/mol. The summed E-state index contributed by atoms with van der Waals surface area (Å²) in [6, 6.07) is 12.5. The quantitative estimate of drug-likeness (QED) is 0.708. The zero-order chi connectivity index (χ0) is 19.9. The molecular weight excluding hydrogens is 365 g/mol. The Balaban J connectivity index is 1.94. The van der Waals surface area contributed by atoms with Crippen molar-refractivity contribution < 1.29 is 18.0 Å². The Labute approximate surface area is 161 Å². The molecule has 0 saturated heterocycles. The van der Waals surface area contributed by atoms with E-state index in [1.807, 2.05) is 0 Å². The lowest BCUT2D eigenvalue weighted by molar-refractivity contribution is -0.208. The van der Waals surface area contributed by atoms with Crippen molar-refractivity contribution in [1.82, 2.24) is 4.90 Å². The molecule has 0 spiro atoms. The van der Waals surface area contributed by atoms with E-state index in [0.29, 0.717) is 11.1 Å². The number of halogens is 3. The Morgan fingerprint density at radius 3 is 2.54 bits per heavy atom. The van der Waals surface area contributed by atoms with Crippen LogP contribution in [-0.4, -0.2) is 17.1 Å². The molecule has 1 atom stereocenters. The largest absolute Gasteiger partial charge is 0.427 e. The van der Waals surface area contributed by atoms with Crippen LogP contribution in [0.15, 0.2) is 48.5 Å². The summed E-state index contributed by atoms with van der Waals surface area (Å²) in [5.41, 5.74) is -1.27. The molecule has 1 fully saturated rings. The molecule has 4 rings (SSSR count). The highest BCUT2D eigenvalue weighted by molar-refractivity contribution is 5.95. The third-order valence-electron chi connectivity index (χ3n) is 5.08. The van der Waals surface area contributed by atoms with Crippen LogP contribution in [0.4, 0.5) is 23.7 Å². The number of anilines is 1. The summed E-state index contributed by atoms with van der Waals surface area (Å²) in [5.74, 6) is 5.26. The van der Waals surface area contributed by atoms with Crippen molar-refractivity contribution in [3.8, 4) is 11.8 Å². The van der Waals surface area contributed by atoms with Crippen LogP contribution in [0.3, 0.4) is 0 Å². The number of carbonyl (C=O) groups is 1. The summed E-state index contributed by atoms with van der Waals surface area (Å²) < 4.78 is 44.0. The van der Waals surface area contributed by atoms with Gasteiger partial charge in [0.05, 0.1) is 0 Å². The molecule has 2 aliphatic rings. The molecule has 28 heavy (non-hydrogen) atoms. The highest BCUT2D eigenvalue weighted by Crippen LogP contribution is 2.50. The molecule has 1 aliphatic carbocycles. The minimum absolute atomic E-state index is 0.0244. The number of hydrogen-bond acceptors (Lipinski definition) is 1. The van der Waals surface area contributed by atoms with Crippen LogP contribution in [0.2, 0.25) is 0 Å². The van der Waals surface area contributed by atoms with Gasteiger partial charge in [0.15, 0.2) is 0 Å². The number of rotatable bonds is 2. The first-order chi connectivity index (χ1) is 13.3. The van der Waals surface area contributed by atoms with Gasteiger partial charge in [0.1, 0.15) is 0 Å². The van der Waals surface area contributed by atoms with E-state index in [4.69, 9.17) is 0 Å². The van der Waals surface area contributed by atoms with Crippen molar-refractivity contribution in [2.45, 2.75) is 38.0 Å². The zero-order valence-corrected chi connectivity index (χ0v) is 15.3. The Hall–Kier alpha value is -2.94. The second-order valence-corrected chi connectivity index (χ2v) is 7.30. The zero-order valence-electron chi connectivity index (χ0n) is 15.3. The van der Waals surface area contributed by atoms with E-state index in [9.17, 15) is 18.0 Å². The summed E-state index contributed by atoms with van der Waals surface area (Å²) in [5, 5.41) is 2.61. The summed E-state index contributed by atoms with van der Waals surface area (Å²) in [7, 11) is 0. The van der Waals surface area contributed by atoms with Gasteiger partial charge in [0, 0.05) is 23.7 Å².